The summed E-state index contributed by atoms with van der Waals surface area (Å²) in [6.07, 6.45) is 0. The molecule has 1 aromatic heterocycles. The summed E-state index contributed by atoms with van der Waals surface area (Å²) in [6, 6.07) is 3.24. The van der Waals surface area contributed by atoms with E-state index in [-0.39, 0.29) is 11.6 Å². The highest BCUT2D eigenvalue weighted by Gasteiger charge is 2.08. The van der Waals surface area contributed by atoms with Gasteiger partial charge in [-0.3, -0.25) is 10.1 Å². The van der Waals surface area contributed by atoms with Crippen LogP contribution in [-0.4, -0.2) is 36.4 Å². The largest absolute Gasteiger partial charge is 0.394 e. The third-order valence-corrected chi connectivity index (χ3v) is 2.82. The molecule has 0 unspecified atom stereocenters. The predicted molar refractivity (Wildman–Crippen MR) is 60.6 cm³/mol. The van der Waals surface area contributed by atoms with Crippen LogP contribution in [0.15, 0.2) is 12.1 Å². The summed E-state index contributed by atoms with van der Waals surface area (Å²) in [5.74, 6) is 0. The molecular formula is C9H14N2O4S. The van der Waals surface area contributed by atoms with Gasteiger partial charge in [0, 0.05) is 24.0 Å². The van der Waals surface area contributed by atoms with E-state index in [1.807, 2.05) is 0 Å². The van der Waals surface area contributed by atoms with Crippen molar-refractivity contribution in [2.75, 3.05) is 26.4 Å². The summed E-state index contributed by atoms with van der Waals surface area (Å²) in [4.78, 5) is 10.9. The Morgan fingerprint density at radius 1 is 1.50 bits per heavy atom. The van der Waals surface area contributed by atoms with Crippen LogP contribution in [0.2, 0.25) is 0 Å². The van der Waals surface area contributed by atoms with Gasteiger partial charge >= 0.3 is 5.00 Å². The Labute approximate surface area is 97.0 Å². The molecule has 16 heavy (non-hydrogen) atoms. The van der Waals surface area contributed by atoms with Crippen molar-refractivity contribution in [2.45, 2.75) is 6.54 Å². The molecular weight excluding hydrogens is 232 g/mol. The maximum atomic E-state index is 10.4. The van der Waals surface area contributed by atoms with E-state index in [1.165, 1.54) is 17.4 Å². The summed E-state index contributed by atoms with van der Waals surface area (Å²) < 4.78 is 5.05. The van der Waals surface area contributed by atoms with Crippen molar-refractivity contribution in [3.05, 3.63) is 27.1 Å². The van der Waals surface area contributed by atoms with Gasteiger partial charge in [0.1, 0.15) is 0 Å². The molecule has 90 valence electrons. The molecule has 0 amide bonds. The number of ether oxygens (including phenoxy) is 1. The fourth-order valence-corrected chi connectivity index (χ4v) is 1.87. The van der Waals surface area contributed by atoms with Crippen LogP contribution in [0.3, 0.4) is 0 Å². The van der Waals surface area contributed by atoms with E-state index in [9.17, 15) is 10.1 Å². The van der Waals surface area contributed by atoms with E-state index >= 15 is 0 Å². The molecule has 0 aliphatic rings. The van der Waals surface area contributed by atoms with Gasteiger partial charge in [-0.1, -0.05) is 11.3 Å². The van der Waals surface area contributed by atoms with Gasteiger partial charge in [-0.2, -0.15) is 0 Å². The summed E-state index contributed by atoms with van der Waals surface area (Å²) in [5, 5.41) is 22.1. The number of thiophene rings is 1. The lowest BCUT2D eigenvalue weighted by Crippen LogP contribution is -2.19. The third-order valence-electron chi connectivity index (χ3n) is 1.79. The van der Waals surface area contributed by atoms with Crippen LogP contribution in [0.5, 0.6) is 0 Å². The van der Waals surface area contributed by atoms with Crippen LogP contribution in [-0.2, 0) is 11.3 Å². The summed E-state index contributed by atoms with van der Waals surface area (Å²) in [5.41, 5.74) is 0. The Morgan fingerprint density at radius 3 is 2.94 bits per heavy atom. The minimum Gasteiger partial charge on any atom is -0.394 e. The summed E-state index contributed by atoms with van der Waals surface area (Å²) >= 11 is 1.17. The number of nitrogens with one attached hydrogen (secondary N) is 1. The molecule has 0 spiro atoms. The van der Waals surface area contributed by atoms with Gasteiger partial charge < -0.3 is 15.2 Å². The standard InChI is InChI=1S/C9H14N2O4S/c12-4-6-15-5-3-10-7-8-1-2-9(16-8)11(13)14/h1-2,10,12H,3-7H2. The first kappa shape index (κ1) is 13.0. The maximum Gasteiger partial charge on any atom is 0.324 e. The first-order valence-corrected chi connectivity index (χ1v) is 5.68. The zero-order valence-electron chi connectivity index (χ0n) is 8.72. The maximum absolute atomic E-state index is 10.4. The molecule has 0 aliphatic heterocycles. The van der Waals surface area contributed by atoms with E-state index in [1.54, 1.807) is 6.07 Å². The Bertz CT molecular complexity index is 329. The average Bonchev–Trinajstić information content (AvgIpc) is 2.72. The molecule has 0 saturated heterocycles. The zero-order chi connectivity index (χ0) is 11.8. The molecule has 6 nitrogen and oxygen atoms in total. The zero-order valence-corrected chi connectivity index (χ0v) is 9.53. The monoisotopic (exact) mass is 246 g/mol. The minimum absolute atomic E-state index is 0.0249. The molecule has 0 atom stereocenters. The first-order valence-electron chi connectivity index (χ1n) is 4.86. The lowest BCUT2D eigenvalue weighted by molar-refractivity contribution is -0.380. The summed E-state index contributed by atoms with van der Waals surface area (Å²) in [7, 11) is 0. The number of nitro groups is 1. The summed E-state index contributed by atoms with van der Waals surface area (Å²) in [6.45, 7) is 2.14. The van der Waals surface area contributed by atoms with Crippen molar-refractivity contribution in [3.63, 3.8) is 0 Å². The quantitative estimate of drug-likeness (QED) is 0.402. The number of nitrogens with zero attached hydrogens (tertiary/aromatic N) is 1. The van der Waals surface area contributed by atoms with Crippen LogP contribution in [0.1, 0.15) is 4.88 Å². The second kappa shape index (κ2) is 7.29. The van der Waals surface area contributed by atoms with Crippen LogP contribution < -0.4 is 5.32 Å². The fraction of sp³-hybridized carbons (Fsp3) is 0.556. The number of rotatable bonds is 8. The second-order valence-electron chi connectivity index (χ2n) is 3.01. The smallest absolute Gasteiger partial charge is 0.324 e. The Balaban J connectivity index is 2.14. The van der Waals surface area contributed by atoms with Crippen LogP contribution in [0.4, 0.5) is 5.00 Å². The van der Waals surface area contributed by atoms with E-state index in [4.69, 9.17) is 9.84 Å². The molecule has 0 aromatic carbocycles. The minimum atomic E-state index is -0.390. The number of hydrogen-bond donors (Lipinski definition) is 2. The lowest BCUT2D eigenvalue weighted by atomic mass is 10.4. The van der Waals surface area contributed by atoms with Gasteiger partial charge in [-0.25, -0.2) is 0 Å². The third kappa shape index (κ3) is 4.67. The highest BCUT2D eigenvalue weighted by Crippen LogP contribution is 2.23. The van der Waals surface area contributed by atoms with Crippen molar-refractivity contribution < 1.29 is 14.8 Å². The van der Waals surface area contributed by atoms with Gasteiger partial charge in [0.25, 0.3) is 0 Å². The molecule has 0 fully saturated rings. The van der Waals surface area contributed by atoms with Gasteiger partial charge in [-0.15, -0.1) is 0 Å². The molecule has 0 aliphatic carbocycles. The van der Waals surface area contributed by atoms with E-state index in [2.05, 4.69) is 5.32 Å². The number of hydrogen-bond acceptors (Lipinski definition) is 6. The highest BCUT2D eigenvalue weighted by molar-refractivity contribution is 7.15. The van der Waals surface area contributed by atoms with Gasteiger partial charge in [-0.05, 0) is 6.07 Å². The second-order valence-corrected chi connectivity index (χ2v) is 4.16. The van der Waals surface area contributed by atoms with Crippen LogP contribution in [0, 0.1) is 10.1 Å². The molecule has 2 N–H and O–H groups in total. The average molecular weight is 246 g/mol. The first-order chi connectivity index (χ1) is 7.74. The van der Waals surface area contributed by atoms with Gasteiger partial charge in [0.05, 0.1) is 24.7 Å². The number of aliphatic hydroxyl groups is 1. The predicted octanol–water partition coefficient (Wildman–Crippen LogP) is 0.755. The normalized spacial score (nSPS) is 10.6. The van der Waals surface area contributed by atoms with E-state index < -0.39 is 4.92 Å². The highest BCUT2D eigenvalue weighted by atomic mass is 32.1. The van der Waals surface area contributed by atoms with Crippen molar-refractivity contribution in [2.24, 2.45) is 0 Å². The SMILES string of the molecule is O=[N+]([O-])c1ccc(CNCCOCCO)s1. The Hall–Kier alpha value is -1.02. The van der Waals surface area contributed by atoms with Crippen molar-refractivity contribution in [1.82, 2.24) is 5.32 Å². The van der Waals surface area contributed by atoms with E-state index in [0.717, 1.165) is 4.88 Å². The molecule has 0 radical (unpaired) electrons. The number of aliphatic hydroxyl groups excluding tert-OH is 1. The van der Waals surface area contributed by atoms with Crippen LogP contribution in [0.25, 0.3) is 0 Å². The Morgan fingerprint density at radius 2 is 2.31 bits per heavy atom. The fourth-order valence-electron chi connectivity index (χ4n) is 1.08. The molecule has 1 heterocycles. The van der Waals surface area contributed by atoms with Crippen molar-refractivity contribution in [1.29, 1.82) is 0 Å². The van der Waals surface area contributed by atoms with Crippen molar-refractivity contribution in [3.8, 4) is 0 Å². The Kier molecular flexibility index (Phi) is 5.94. The van der Waals surface area contributed by atoms with Crippen LogP contribution >= 0.6 is 11.3 Å². The topological polar surface area (TPSA) is 84.6 Å². The molecule has 1 aromatic rings. The molecule has 0 bridgehead atoms. The lowest BCUT2D eigenvalue weighted by Gasteiger charge is -2.03. The molecule has 1 rings (SSSR count). The van der Waals surface area contributed by atoms with Gasteiger partial charge in [0.2, 0.25) is 0 Å². The van der Waals surface area contributed by atoms with E-state index in [0.29, 0.717) is 26.3 Å². The molecule has 0 saturated carbocycles. The van der Waals surface area contributed by atoms with Gasteiger partial charge in [0.15, 0.2) is 0 Å². The van der Waals surface area contributed by atoms with Crippen molar-refractivity contribution >= 4 is 16.3 Å². The molecule has 7 heteroatoms.